The van der Waals surface area contributed by atoms with Gasteiger partial charge in [0.05, 0.1) is 0 Å². The molecule has 15 heavy (non-hydrogen) atoms. The molecule has 1 aliphatic rings. The normalized spacial score (nSPS) is 26.8. The molecule has 0 aliphatic heterocycles. The Morgan fingerprint density at radius 2 is 2.00 bits per heavy atom. The Balaban J connectivity index is 1.90. The third-order valence-electron chi connectivity index (χ3n) is 3.69. The van der Waals surface area contributed by atoms with Crippen molar-refractivity contribution < 1.29 is 0 Å². The molecule has 2 unspecified atom stereocenters. The van der Waals surface area contributed by atoms with Gasteiger partial charge in [0, 0.05) is 0 Å². The molecule has 0 radical (unpaired) electrons. The first-order valence-corrected chi connectivity index (χ1v) is 7.03. The molecule has 0 bridgehead atoms. The van der Waals surface area contributed by atoms with Gasteiger partial charge in [-0.25, -0.2) is 0 Å². The molecule has 0 saturated heterocycles. The van der Waals surface area contributed by atoms with Crippen LogP contribution < -0.4 is 5.32 Å². The smallest absolute Gasteiger partial charge is 0.00204 e. The Kier molecular flexibility index (Phi) is 7.08. The molecule has 1 fully saturated rings. The summed E-state index contributed by atoms with van der Waals surface area (Å²) in [6, 6.07) is 0. The SMILES string of the molecule is CCCCCCNCC1CCCC(C)C1. The lowest BCUT2D eigenvalue weighted by molar-refractivity contribution is 0.274. The maximum absolute atomic E-state index is 3.63. The van der Waals surface area contributed by atoms with Gasteiger partial charge in [-0.3, -0.25) is 0 Å². The van der Waals surface area contributed by atoms with E-state index < -0.39 is 0 Å². The molecule has 1 heteroatoms. The zero-order chi connectivity index (χ0) is 10.9. The van der Waals surface area contributed by atoms with Crippen molar-refractivity contribution in [3.63, 3.8) is 0 Å². The molecule has 0 aromatic carbocycles. The zero-order valence-electron chi connectivity index (χ0n) is 10.7. The van der Waals surface area contributed by atoms with Crippen molar-refractivity contribution in [2.45, 2.75) is 65.2 Å². The fourth-order valence-corrected chi connectivity index (χ4v) is 2.73. The minimum absolute atomic E-state index is 0.972. The van der Waals surface area contributed by atoms with Crippen LogP contribution in [-0.4, -0.2) is 13.1 Å². The molecule has 1 N–H and O–H groups in total. The van der Waals surface area contributed by atoms with Crippen molar-refractivity contribution in [3.05, 3.63) is 0 Å². The predicted molar refractivity (Wildman–Crippen MR) is 68.1 cm³/mol. The van der Waals surface area contributed by atoms with Crippen LogP contribution in [0.15, 0.2) is 0 Å². The first kappa shape index (κ1) is 13.0. The van der Waals surface area contributed by atoms with Gasteiger partial charge in [0.25, 0.3) is 0 Å². The number of rotatable bonds is 7. The lowest BCUT2D eigenvalue weighted by Gasteiger charge is -2.26. The number of hydrogen-bond donors (Lipinski definition) is 1. The minimum Gasteiger partial charge on any atom is -0.316 e. The van der Waals surface area contributed by atoms with Crippen molar-refractivity contribution in [2.24, 2.45) is 11.8 Å². The van der Waals surface area contributed by atoms with Gasteiger partial charge in [-0.15, -0.1) is 0 Å². The standard InChI is InChI=1S/C14H29N/c1-3-4-5-6-10-15-12-14-9-7-8-13(2)11-14/h13-15H,3-12H2,1-2H3. The van der Waals surface area contributed by atoms with E-state index in [-0.39, 0.29) is 0 Å². The third kappa shape index (κ3) is 6.19. The van der Waals surface area contributed by atoms with Gasteiger partial charge in [0.15, 0.2) is 0 Å². The van der Waals surface area contributed by atoms with Crippen LogP contribution in [-0.2, 0) is 0 Å². The fourth-order valence-electron chi connectivity index (χ4n) is 2.73. The summed E-state index contributed by atoms with van der Waals surface area (Å²) in [6.45, 7) is 7.20. The van der Waals surface area contributed by atoms with Crippen LogP contribution in [0.3, 0.4) is 0 Å². The highest BCUT2D eigenvalue weighted by molar-refractivity contribution is 4.72. The van der Waals surface area contributed by atoms with Crippen LogP contribution in [0.25, 0.3) is 0 Å². The highest BCUT2D eigenvalue weighted by atomic mass is 14.9. The van der Waals surface area contributed by atoms with Crippen LogP contribution in [0, 0.1) is 11.8 Å². The Morgan fingerprint density at radius 1 is 1.13 bits per heavy atom. The van der Waals surface area contributed by atoms with Crippen LogP contribution in [0.4, 0.5) is 0 Å². The lowest BCUT2D eigenvalue weighted by Crippen LogP contribution is -2.27. The second-order valence-electron chi connectivity index (χ2n) is 5.40. The molecular weight excluding hydrogens is 182 g/mol. The van der Waals surface area contributed by atoms with Crippen molar-refractivity contribution in [1.82, 2.24) is 5.32 Å². The summed E-state index contributed by atoms with van der Waals surface area (Å²) in [4.78, 5) is 0. The van der Waals surface area contributed by atoms with Gasteiger partial charge in [-0.2, -0.15) is 0 Å². The Bertz CT molecular complexity index is 144. The molecule has 0 amide bonds. The molecule has 1 aliphatic carbocycles. The van der Waals surface area contributed by atoms with Crippen LogP contribution in [0.1, 0.15) is 65.2 Å². The number of hydrogen-bond acceptors (Lipinski definition) is 1. The van der Waals surface area contributed by atoms with Gasteiger partial charge < -0.3 is 5.32 Å². The molecule has 0 heterocycles. The second-order valence-corrected chi connectivity index (χ2v) is 5.40. The molecule has 1 nitrogen and oxygen atoms in total. The van der Waals surface area contributed by atoms with Gasteiger partial charge in [0.2, 0.25) is 0 Å². The van der Waals surface area contributed by atoms with Crippen LogP contribution in [0.2, 0.25) is 0 Å². The van der Waals surface area contributed by atoms with Gasteiger partial charge >= 0.3 is 0 Å². The van der Waals surface area contributed by atoms with Crippen molar-refractivity contribution in [1.29, 1.82) is 0 Å². The summed E-state index contributed by atoms with van der Waals surface area (Å²) in [6.07, 6.45) is 11.4. The monoisotopic (exact) mass is 211 g/mol. The van der Waals surface area contributed by atoms with Gasteiger partial charge in [-0.05, 0) is 44.2 Å². The van der Waals surface area contributed by atoms with Crippen molar-refractivity contribution >= 4 is 0 Å². The molecule has 90 valence electrons. The quantitative estimate of drug-likeness (QED) is 0.628. The molecule has 0 aromatic rings. The molecule has 1 rings (SSSR count). The third-order valence-corrected chi connectivity index (χ3v) is 3.69. The van der Waals surface area contributed by atoms with E-state index in [0.717, 1.165) is 11.8 Å². The fraction of sp³-hybridized carbons (Fsp3) is 1.00. The summed E-state index contributed by atoms with van der Waals surface area (Å²) in [5.74, 6) is 1.95. The average molecular weight is 211 g/mol. The van der Waals surface area contributed by atoms with Crippen molar-refractivity contribution in [2.75, 3.05) is 13.1 Å². The maximum Gasteiger partial charge on any atom is -0.00204 e. The summed E-state index contributed by atoms with van der Waals surface area (Å²) in [7, 11) is 0. The molecule has 2 atom stereocenters. The Morgan fingerprint density at radius 3 is 2.73 bits per heavy atom. The van der Waals surface area contributed by atoms with E-state index >= 15 is 0 Å². The van der Waals surface area contributed by atoms with E-state index in [4.69, 9.17) is 0 Å². The van der Waals surface area contributed by atoms with E-state index in [1.165, 1.54) is 64.5 Å². The van der Waals surface area contributed by atoms with E-state index in [1.54, 1.807) is 0 Å². The first-order chi connectivity index (χ1) is 7.33. The van der Waals surface area contributed by atoms with Gasteiger partial charge in [0.1, 0.15) is 0 Å². The Labute approximate surface area is 96.0 Å². The first-order valence-electron chi connectivity index (χ1n) is 7.03. The topological polar surface area (TPSA) is 12.0 Å². The summed E-state index contributed by atoms with van der Waals surface area (Å²) in [5, 5.41) is 3.63. The number of unbranched alkanes of at least 4 members (excludes halogenated alkanes) is 3. The zero-order valence-corrected chi connectivity index (χ0v) is 10.7. The lowest BCUT2D eigenvalue weighted by atomic mass is 9.82. The van der Waals surface area contributed by atoms with E-state index in [9.17, 15) is 0 Å². The highest BCUT2D eigenvalue weighted by Gasteiger charge is 2.17. The predicted octanol–water partition coefficient (Wildman–Crippen LogP) is 3.98. The van der Waals surface area contributed by atoms with Crippen LogP contribution in [0.5, 0.6) is 0 Å². The van der Waals surface area contributed by atoms with E-state index in [0.29, 0.717) is 0 Å². The summed E-state index contributed by atoms with van der Waals surface area (Å²) >= 11 is 0. The summed E-state index contributed by atoms with van der Waals surface area (Å²) in [5.41, 5.74) is 0. The number of nitrogens with one attached hydrogen (secondary N) is 1. The summed E-state index contributed by atoms with van der Waals surface area (Å²) < 4.78 is 0. The Hall–Kier alpha value is -0.0400. The van der Waals surface area contributed by atoms with E-state index in [2.05, 4.69) is 19.2 Å². The minimum atomic E-state index is 0.972. The maximum atomic E-state index is 3.63. The largest absolute Gasteiger partial charge is 0.316 e. The highest BCUT2D eigenvalue weighted by Crippen LogP contribution is 2.27. The average Bonchev–Trinajstić information content (AvgIpc) is 2.23. The van der Waals surface area contributed by atoms with E-state index in [1.807, 2.05) is 0 Å². The van der Waals surface area contributed by atoms with Crippen molar-refractivity contribution in [3.8, 4) is 0 Å². The molecule has 0 aromatic heterocycles. The van der Waals surface area contributed by atoms with Gasteiger partial charge in [-0.1, -0.05) is 46.0 Å². The molecule has 0 spiro atoms. The molecular formula is C14H29N. The van der Waals surface area contributed by atoms with Crippen LogP contribution >= 0.6 is 0 Å². The second kappa shape index (κ2) is 8.15. The molecule has 1 saturated carbocycles.